The zero-order chi connectivity index (χ0) is 47.3. The lowest BCUT2D eigenvalue weighted by Gasteiger charge is -2.53. The van der Waals surface area contributed by atoms with E-state index in [4.69, 9.17) is 22.8 Å². The van der Waals surface area contributed by atoms with Crippen molar-refractivity contribution in [1.29, 1.82) is 0 Å². The van der Waals surface area contributed by atoms with Crippen LogP contribution in [0.25, 0.3) is 0 Å². The number of hydrogen-bond donors (Lipinski definition) is 6. The third-order valence-electron chi connectivity index (χ3n) is 12.0. The Morgan fingerprint density at radius 2 is 0.814 bits per heavy atom. The molecule has 2 aromatic carbocycles. The molecule has 2 aromatic rings. The molecular weight excluding hydrogens is 849 g/mol. The molecule has 0 amide bonds. The zero-order valence-corrected chi connectivity index (χ0v) is 47.1. The quantitative estimate of drug-likeness (QED) is 0.0661. The summed E-state index contributed by atoms with van der Waals surface area (Å²) < 4.78 is 29.8. The number of benzene rings is 2. The summed E-state index contributed by atoms with van der Waals surface area (Å²) in [6.45, 7) is 41.9. The second kappa shape index (κ2) is 20.0. The molecule has 59 heavy (non-hydrogen) atoms. The first kappa shape index (κ1) is 58.3. The van der Waals surface area contributed by atoms with Gasteiger partial charge in [-0.05, 0) is 86.2 Å². The van der Waals surface area contributed by atoms with Crippen LogP contribution in [0.1, 0.15) is 73.4 Å². The number of methoxy groups -OCH3 is 1. The lowest BCUT2D eigenvalue weighted by atomic mass is 9.93. The fourth-order valence-corrected chi connectivity index (χ4v) is 13.6. The molecular formula is C42H86O11Si6. The van der Waals surface area contributed by atoms with Crippen LogP contribution in [0.4, 0.5) is 0 Å². The highest BCUT2D eigenvalue weighted by atomic mass is 28.4. The molecule has 3 atom stereocenters. The van der Waals surface area contributed by atoms with E-state index in [1.807, 2.05) is 84.1 Å². The monoisotopic (exact) mass is 934 g/mol. The van der Waals surface area contributed by atoms with E-state index in [9.17, 15) is 29.1 Å². The summed E-state index contributed by atoms with van der Waals surface area (Å²) in [6.07, 6.45) is -0.0398. The van der Waals surface area contributed by atoms with E-state index < -0.39 is 77.8 Å². The van der Waals surface area contributed by atoms with Crippen molar-refractivity contribution < 1.29 is 51.8 Å². The number of ether oxygens (including phenoxy) is 2. The summed E-state index contributed by atoms with van der Waals surface area (Å²) >= 11 is 0. The molecule has 0 bridgehead atoms. The molecule has 0 fully saturated rings. The fraction of sp³-hybridized carbons (Fsp3) is 0.714. The molecule has 344 valence electrons. The molecule has 6 N–H and O–H groups in total. The fourth-order valence-electron chi connectivity index (χ4n) is 6.23. The van der Waals surface area contributed by atoms with Gasteiger partial charge in [0.25, 0.3) is 0 Å². The van der Waals surface area contributed by atoms with Gasteiger partial charge in [-0.1, -0.05) is 122 Å². The average molecular weight is 936 g/mol. The first-order chi connectivity index (χ1) is 25.8. The van der Waals surface area contributed by atoms with Crippen LogP contribution in [-0.2, 0) is 34.3 Å². The molecule has 0 saturated carbocycles. The highest BCUT2D eigenvalue weighted by Gasteiger charge is 2.59. The minimum Gasteiger partial charge on any atom is -0.432 e. The first-order valence-corrected chi connectivity index (χ1v) is 38.6. The normalized spacial score (nSPS) is 17.1. The zero-order valence-electron chi connectivity index (χ0n) is 41.1. The van der Waals surface area contributed by atoms with Crippen LogP contribution in [0, 0.1) is 0 Å². The summed E-state index contributed by atoms with van der Waals surface area (Å²) in [7, 11) is -13.8. The van der Waals surface area contributed by atoms with E-state index in [2.05, 4.69) is 33.5 Å². The lowest BCUT2D eigenvalue weighted by molar-refractivity contribution is -0.226. The number of aliphatic hydroxyl groups is 1. The summed E-state index contributed by atoms with van der Waals surface area (Å²) in [5, 5.41) is 9.55. The van der Waals surface area contributed by atoms with Gasteiger partial charge in [0.2, 0.25) is 0 Å². The van der Waals surface area contributed by atoms with Gasteiger partial charge in [0.15, 0.2) is 34.0 Å². The Hall–Kier alpha value is -0.699. The van der Waals surface area contributed by atoms with Crippen molar-refractivity contribution in [3.05, 3.63) is 71.8 Å². The Kier molecular flexibility index (Phi) is 19.8. The van der Waals surface area contributed by atoms with E-state index in [1.54, 1.807) is 97.6 Å². The standard InChI is InChI=1S/C16H30O3Si2.C14H26O4Si2.C12H30O4Si2/c1-15(2,20(4,5)6)16(18-3,19-21(7,8)17)14-12-10-9-11-13-14;1-13(2,19(3,4)16)14(15,18-20(5,6)17)12-10-8-7-9-11-12;1-10(2)15-12(5,16-18(8,9)14)11(3,4)17(6,7)13/h9-13,17H,1-8H3;7-11,15-17H,1-6H3;10,13-14H,1-9H3. The van der Waals surface area contributed by atoms with Crippen LogP contribution in [0.2, 0.25) is 100 Å². The Morgan fingerprint density at radius 3 is 1.08 bits per heavy atom. The summed E-state index contributed by atoms with van der Waals surface area (Å²) in [6, 6.07) is 18.9. The summed E-state index contributed by atoms with van der Waals surface area (Å²) in [5.74, 6) is -3.64. The van der Waals surface area contributed by atoms with Crippen LogP contribution in [0.15, 0.2) is 60.7 Å². The summed E-state index contributed by atoms with van der Waals surface area (Å²) in [5.41, 5.74) is 1.52. The van der Waals surface area contributed by atoms with Crippen molar-refractivity contribution in [2.24, 2.45) is 0 Å². The van der Waals surface area contributed by atoms with Crippen molar-refractivity contribution in [2.75, 3.05) is 7.11 Å². The third-order valence-corrected chi connectivity index (χ3v) is 25.5. The molecule has 2 rings (SSSR count). The van der Waals surface area contributed by atoms with Gasteiger partial charge in [-0.3, -0.25) is 0 Å². The molecule has 0 aliphatic rings. The molecule has 0 saturated heterocycles. The molecule has 0 heterocycles. The molecule has 0 aromatic heterocycles. The van der Waals surface area contributed by atoms with Crippen molar-refractivity contribution in [3.8, 4) is 0 Å². The largest absolute Gasteiger partial charge is 0.432 e. The Balaban J connectivity index is 0.000000858. The highest BCUT2D eigenvalue weighted by Crippen LogP contribution is 2.56. The maximum atomic E-state index is 11.2. The SMILES string of the molecule is CC(C)(C(O)(O[Si](C)(C)O)c1ccccc1)[Si](C)(C)O.CC(C)OC(C)(O[Si](C)(C)O)C(C)(C)[Si](C)(C)O.COC(O[Si](C)(C)O)(c1ccccc1)C(C)(C)[Si](C)(C)C. The molecule has 0 aliphatic carbocycles. The van der Waals surface area contributed by atoms with Crippen LogP contribution < -0.4 is 0 Å². The van der Waals surface area contributed by atoms with Crippen LogP contribution in [0.5, 0.6) is 0 Å². The second-order valence-electron chi connectivity index (χ2n) is 21.2. The van der Waals surface area contributed by atoms with E-state index in [1.165, 1.54) is 0 Å². The molecule has 17 heteroatoms. The van der Waals surface area contributed by atoms with Gasteiger partial charge in [0.05, 0.1) is 14.2 Å². The van der Waals surface area contributed by atoms with Crippen LogP contribution in [-0.4, -0.2) is 98.5 Å². The Bertz CT molecular complexity index is 1550. The van der Waals surface area contributed by atoms with Gasteiger partial charge >= 0.3 is 25.7 Å². The predicted molar refractivity (Wildman–Crippen MR) is 257 cm³/mol. The maximum absolute atomic E-state index is 11.2. The molecule has 3 unspecified atom stereocenters. The topological polar surface area (TPSA) is 168 Å². The summed E-state index contributed by atoms with van der Waals surface area (Å²) in [4.78, 5) is 51.7. The highest BCUT2D eigenvalue weighted by molar-refractivity contribution is 6.79. The van der Waals surface area contributed by atoms with Gasteiger partial charge < -0.3 is 51.8 Å². The van der Waals surface area contributed by atoms with Gasteiger partial charge in [-0.15, -0.1) is 0 Å². The van der Waals surface area contributed by atoms with Crippen LogP contribution >= 0.6 is 0 Å². The smallest absolute Gasteiger partial charge is 0.331 e. The minimum absolute atomic E-state index is 0.0398. The molecule has 11 nitrogen and oxygen atoms in total. The Morgan fingerprint density at radius 1 is 0.475 bits per heavy atom. The third kappa shape index (κ3) is 15.2. The van der Waals surface area contributed by atoms with Crippen molar-refractivity contribution in [2.45, 2.75) is 186 Å². The van der Waals surface area contributed by atoms with E-state index in [0.29, 0.717) is 5.56 Å². The molecule has 0 spiro atoms. The van der Waals surface area contributed by atoms with E-state index in [0.717, 1.165) is 5.56 Å². The van der Waals surface area contributed by atoms with Gasteiger partial charge in [0.1, 0.15) is 0 Å². The van der Waals surface area contributed by atoms with Gasteiger partial charge in [-0.2, -0.15) is 0 Å². The number of rotatable bonds is 17. The first-order valence-electron chi connectivity index (χ1n) is 20.6. The lowest BCUT2D eigenvalue weighted by Crippen LogP contribution is -2.59. The van der Waals surface area contributed by atoms with Crippen molar-refractivity contribution >= 4 is 50.4 Å². The number of hydrogen-bond acceptors (Lipinski definition) is 11. The van der Waals surface area contributed by atoms with Crippen molar-refractivity contribution in [1.82, 2.24) is 0 Å². The van der Waals surface area contributed by atoms with Crippen molar-refractivity contribution in [3.63, 3.8) is 0 Å². The van der Waals surface area contributed by atoms with Gasteiger partial charge in [0, 0.05) is 33.4 Å². The predicted octanol–water partition coefficient (Wildman–Crippen LogP) is 9.65. The van der Waals surface area contributed by atoms with Crippen LogP contribution in [0.3, 0.4) is 0 Å². The second-order valence-corrected chi connectivity index (χ2v) is 45.0. The molecule has 0 radical (unpaired) electrons. The maximum Gasteiger partial charge on any atom is 0.331 e. The van der Waals surface area contributed by atoms with E-state index in [-0.39, 0.29) is 11.1 Å². The minimum atomic E-state index is -3.00. The Labute approximate surface area is 365 Å². The van der Waals surface area contributed by atoms with E-state index >= 15 is 0 Å². The van der Waals surface area contributed by atoms with Gasteiger partial charge in [-0.25, -0.2) is 0 Å². The molecule has 0 aliphatic heterocycles. The average Bonchev–Trinajstić information content (AvgIpc) is 3.00.